The second-order valence-electron chi connectivity index (χ2n) is 9.66. The molecule has 0 radical (unpaired) electrons. The van der Waals surface area contributed by atoms with E-state index < -0.39 is 47.1 Å². The van der Waals surface area contributed by atoms with Gasteiger partial charge in [0.25, 0.3) is 17.7 Å². The van der Waals surface area contributed by atoms with E-state index in [1.54, 1.807) is 20.0 Å². The minimum absolute atomic E-state index is 0.0412. The summed E-state index contributed by atoms with van der Waals surface area (Å²) in [5.41, 5.74) is 6.99. The van der Waals surface area contributed by atoms with Crippen molar-refractivity contribution in [2.45, 2.75) is 37.9 Å². The largest absolute Gasteiger partial charge is 0.490 e. The molecule has 3 aliphatic heterocycles. The standard InChI is InChI=1S/C23H22N8O6S2.C2HF3O2/c1-9-6-25-17(10(2)26-9)30-4-3-11(19(30)33)5-12-7-38-21-15(20(34)31(21)16(12)22(35)36)28-18(32)14(29-37)13-8-39-23(24)27-13;3-2(4,5)1(6)7/h5-6,8,15,21,37H,3-4,7H2,1-2H3,(H2,24,27)(H,28,32)(H,35,36);(H,6,7)/b11-5+,29-14-;/t15-,21-;/m1./s1. The first-order chi connectivity index (χ1) is 21.5. The number of nitrogens with one attached hydrogen (secondary N) is 1. The van der Waals surface area contributed by atoms with E-state index in [0.717, 1.165) is 21.9 Å². The molecule has 2 saturated heterocycles. The molecule has 6 N–H and O–H groups in total. The summed E-state index contributed by atoms with van der Waals surface area (Å²) in [6, 6.07) is -1.05. The number of thioether (sulfide) groups is 1. The topological polar surface area (TPSA) is 242 Å². The summed E-state index contributed by atoms with van der Waals surface area (Å²) in [7, 11) is 0. The number of alkyl halides is 3. The van der Waals surface area contributed by atoms with Crippen LogP contribution in [0.25, 0.3) is 0 Å². The van der Waals surface area contributed by atoms with Crippen molar-refractivity contribution in [1.29, 1.82) is 0 Å². The number of nitrogen functional groups attached to an aromatic ring is 1. The normalized spacial score (nSPS) is 20.6. The predicted octanol–water partition coefficient (Wildman–Crippen LogP) is 1.05. The van der Waals surface area contributed by atoms with Crippen molar-refractivity contribution < 1.29 is 52.6 Å². The Morgan fingerprint density at radius 3 is 2.41 bits per heavy atom. The van der Waals surface area contributed by atoms with Crippen molar-refractivity contribution in [3.05, 3.63) is 51.6 Å². The van der Waals surface area contributed by atoms with Crippen LogP contribution in [0.15, 0.2) is 39.7 Å². The van der Waals surface area contributed by atoms with Crippen LogP contribution >= 0.6 is 23.1 Å². The molecule has 5 rings (SSSR count). The van der Waals surface area contributed by atoms with Gasteiger partial charge in [0.05, 0.1) is 17.6 Å². The summed E-state index contributed by atoms with van der Waals surface area (Å²) in [5, 5.41) is 32.8. The first-order valence-electron chi connectivity index (χ1n) is 12.8. The zero-order chi connectivity index (χ0) is 34.1. The molecule has 3 amide bonds. The molecule has 2 aromatic heterocycles. The molecule has 0 aromatic carbocycles. The Morgan fingerprint density at radius 2 is 1.87 bits per heavy atom. The molecule has 2 fully saturated rings. The molecule has 16 nitrogen and oxygen atoms in total. The van der Waals surface area contributed by atoms with Crippen LogP contribution in [0.2, 0.25) is 0 Å². The Balaban J connectivity index is 0.000000617. The summed E-state index contributed by atoms with van der Waals surface area (Å²) in [6.07, 6.45) is -1.61. The zero-order valence-electron chi connectivity index (χ0n) is 23.6. The summed E-state index contributed by atoms with van der Waals surface area (Å²) >= 11 is 2.29. The highest BCUT2D eigenvalue weighted by atomic mass is 32.2. The minimum Gasteiger partial charge on any atom is -0.477 e. The monoisotopic (exact) mass is 684 g/mol. The SMILES string of the molecule is Cc1cnc(N2CC/C(=C\C3=C(C(=O)O)N4C(=O)[C@@H](NC(=O)/C(=N\O)c5csc(N)n5)[C@H]4SC3)C2=O)c(C)n1.O=C(O)C(F)(F)F. The molecule has 0 saturated carbocycles. The Kier molecular flexibility index (Phi) is 9.66. The van der Waals surface area contributed by atoms with Crippen LogP contribution in [0.1, 0.15) is 23.5 Å². The fourth-order valence-corrected chi connectivity index (χ4v) is 6.44. The van der Waals surface area contributed by atoms with Crippen molar-refractivity contribution >= 4 is 69.4 Å². The molecule has 5 heterocycles. The van der Waals surface area contributed by atoms with E-state index in [9.17, 15) is 42.7 Å². The van der Waals surface area contributed by atoms with Crippen molar-refractivity contribution in [3.8, 4) is 0 Å². The van der Waals surface area contributed by atoms with E-state index in [2.05, 4.69) is 25.4 Å². The van der Waals surface area contributed by atoms with Crippen LogP contribution in [0.4, 0.5) is 24.1 Å². The number of rotatable bonds is 6. The summed E-state index contributed by atoms with van der Waals surface area (Å²) in [4.78, 5) is 75.1. The van der Waals surface area contributed by atoms with E-state index in [1.165, 1.54) is 28.1 Å². The average Bonchev–Trinajstić information content (AvgIpc) is 3.56. The molecule has 46 heavy (non-hydrogen) atoms. The number of carbonyl (C=O) groups is 5. The third kappa shape index (κ3) is 6.78. The molecule has 2 aromatic rings. The van der Waals surface area contributed by atoms with E-state index in [0.29, 0.717) is 35.6 Å². The summed E-state index contributed by atoms with van der Waals surface area (Å²) < 4.78 is 31.7. The van der Waals surface area contributed by atoms with Crippen molar-refractivity contribution in [1.82, 2.24) is 25.2 Å². The van der Waals surface area contributed by atoms with Gasteiger partial charge in [-0.15, -0.1) is 23.1 Å². The first kappa shape index (κ1) is 33.8. The maximum absolute atomic E-state index is 13.1. The highest BCUT2D eigenvalue weighted by molar-refractivity contribution is 8.00. The number of aromatic nitrogens is 3. The number of allylic oxidation sites excluding steroid dienone is 1. The lowest BCUT2D eigenvalue weighted by atomic mass is 10.0. The van der Waals surface area contributed by atoms with Gasteiger partial charge >= 0.3 is 18.1 Å². The van der Waals surface area contributed by atoms with E-state index in [-0.39, 0.29) is 28.2 Å². The molecule has 3 aliphatic rings. The smallest absolute Gasteiger partial charge is 0.477 e. The number of hydrogen-bond donors (Lipinski definition) is 5. The Labute approximate surface area is 264 Å². The van der Waals surface area contributed by atoms with Gasteiger partial charge in [-0.3, -0.25) is 29.2 Å². The molecule has 21 heteroatoms. The molecular formula is C25H23F3N8O8S2. The van der Waals surface area contributed by atoms with Crippen LogP contribution in [-0.2, 0) is 24.0 Å². The maximum atomic E-state index is 13.1. The van der Waals surface area contributed by atoms with Gasteiger partial charge < -0.3 is 26.5 Å². The number of halogens is 3. The highest BCUT2D eigenvalue weighted by Gasteiger charge is 2.54. The number of aliphatic carboxylic acids is 2. The van der Waals surface area contributed by atoms with Gasteiger partial charge in [-0.25, -0.2) is 19.6 Å². The molecule has 244 valence electrons. The fourth-order valence-electron chi connectivity index (χ4n) is 4.59. The van der Waals surface area contributed by atoms with Crippen molar-refractivity contribution in [2.24, 2.45) is 5.16 Å². The number of nitrogens with two attached hydrogens (primary N) is 1. The molecule has 0 unspecified atom stereocenters. The third-order valence-corrected chi connectivity index (χ3v) is 8.56. The lowest BCUT2D eigenvalue weighted by molar-refractivity contribution is -0.192. The van der Waals surface area contributed by atoms with Gasteiger partial charge in [-0.1, -0.05) is 5.16 Å². The fraction of sp³-hybridized carbons (Fsp3) is 0.320. The number of hydrogen-bond acceptors (Lipinski definition) is 13. The zero-order valence-corrected chi connectivity index (χ0v) is 25.2. The number of anilines is 2. The molecule has 0 bridgehead atoms. The molecule has 0 aliphatic carbocycles. The molecular weight excluding hydrogens is 661 g/mol. The summed E-state index contributed by atoms with van der Waals surface area (Å²) in [6.45, 7) is 3.93. The first-order valence-corrected chi connectivity index (χ1v) is 14.8. The number of carboxylic acids is 2. The average molecular weight is 685 g/mol. The van der Waals surface area contributed by atoms with Gasteiger partial charge in [0.1, 0.15) is 22.8 Å². The number of fused-ring (bicyclic) bond motifs is 1. The number of aryl methyl sites for hydroxylation is 2. The number of β-lactam (4-membered cyclic amide) rings is 1. The quantitative estimate of drug-likeness (QED) is 0.0941. The lowest BCUT2D eigenvalue weighted by Gasteiger charge is -2.49. The van der Waals surface area contributed by atoms with Crippen LogP contribution < -0.4 is 16.0 Å². The predicted molar refractivity (Wildman–Crippen MR) is 155 cm³/mol. The Morgan fingerprint density at radius 1 is 1.20 bits per heavy atom. The number of carbonyl (C=O) groups excluding carboxylic acids is 3. The van der Waals surface area contributed by atoms with E-state index >= 15 is 0 Å². The van der Waals surface area contributed by atoms with Crippen LogP contribution in [0, 0.1) is 13.8 Å². The lowest BCUT2D eigenvalue weighted by Crippen LogP contribution is -2.71. The number of amides is 3. The Bertz CT molecular complexity index is 1720. The van der Waals surface area contributed by atoms with Crippen LogP contribution in [0.5, 0.6) is 0 Å². The molecule has 0 spiro atoms. The van der Waals surface area contributed by atoms with Gasteiger partial charge in [0.2, 0.25) is 0 Å². The van der Waals surface area contributed by atoms with Gasteiger partial charge in [-0.2, -0.15) is 13.2 Å². The Hall–Kier alpha value is -5.05. The van der Waals surface area contributed by atoms with E-state index in [1.807, 2.05) is 0 Å². The second kappa shape index (κ2) is 13.1. The number of oxime groups is 1. The van der Waals surface area contributed by atoms with Gasteiger partial charge in [0.15, 0.2) is 16.7 Å². The maximum Gasteiger partial charge on any atom is 0.490 e. The second-order valence-corrected chi connectivity index (χ2v) is 11.7. The molecule has 2 atom stereocenters. The minimum atomic E-state index is -5.08. The van der Waals surface area contributed by atoms with Crippen LogP contribution in [0.3, 0.4) is 0 Å². The van der Waals surface area contributed by atoms with E-state index in [4.69, 9.17) is 15.6 Å². The number of carboxylic acid groups (broad SMARTS) is 2. The van der Waals surface area contributed by atoms with Gasteiger partial charge in [0, 0.05) is 23.3 Å². The van der Waals surface area contributed by atoms with Gasteiger partial charge in [-0.05, 0) is 31.9 Å². The van der Waals surface area contributed by atoms with Crippen molar-refractivity contribution in [3.63, 3.8) is 0 Å². The highest BCUT2D eigenvalue weighted by Crippen LogP contribution is 2.41. The number of thiazole rings is 1. The number of nitrogens with zero attached hydrogens (tertiary/aromatic N) is 6. The van der Waals surface area contributed by atoms with Crippen LogP contribution in [-0.4, -0.2) is 101 Å². The third-order valence-electron chi connectivity index (χ3n) is 6.58. The van der Waals surface area contributed by atoms with Crippen molar-refractivity contribution in [2.75, 3.05) is 22.9 Å². The summed E-state index contributed by atoms with van der Waals surface area (Å²) in [5.74, 6) is -5.26.